The highest BCUT2D eigenvalue weighted by atomic mass is 16.5. The first-order valence-corrected chi connectivity index (χ1v) is 6.97. The van der Waals surface area contributed by atoms with Gasteiger partial charge < -0.3 is 14.8 Å². The maximum absolute atomic E-state index is 11.2. The molecule has 1 saturated carbocycles. The summed E-state index contributed by atoms with van der Waals surface area (Å²) in [6.45, 7) is 0. The molecule has 1 aliphatic carbocycles. The van der Waals surface area contributed by atoms with Gasteiger partial charge in [-0.1, -0.05) is 18.9 Å². The largest absolute Gasteiger partial charge is 0.453 e. The van der Waals surface area contributed by atoms with Crippen LogP contribution in [0.1, 0.15) is 25.7 Å². The Labute approximate surface area is 119 Å². The van der Waals surface area contributed by atoms with E-state index < -0.39 is 6.09 Å². The van der Waals surface area contributed by atoms with Crippen LogP contribution < -0.4 is 10.6 Å². The van der Waals surface area contributed by atoms with Crippen molar-refractivity contribution >= 4 is 17.5 Å². The minimum atomic E-state index is -0.463. The highest BCUT2D eigenvalue weighted by molar-refractivity contribution is 5.85. The molecule has 1 aromatic carbocycles. The van der Waals surface area contributed by atoms with Crippen molar-refractivity contribution in [3.8, 4) is 0 Å². The molecule has 1 aromatic rings. The average molecular weight is 278 g/mol. The van der Waals surface area contributed by atoms with E-state index >= 15 is 0 Å². The maximum atomic E-state index is 11.2. The van der Waals surface area contributed by atoms with Gasteiger partial charge in [-0.05, 0) is 31.0 Å². The van der Waals surface area contributed by atoms with Gasteiger partial charge in [0, 0.05) is 18.5 Å². The van der Waals surface area contributed by atoms with Crippen LogP contribution in [0.15, 0.2) is 24.3 Å². The molecule has 1 aliphatic rings. The summed E-state index contributed by atoms with van der Waals surface area (Å²) in [6, 6.07) is 7.94. The van der Waals surface area contributed by atoms with Crippen LogP contribution in [0.2, 0.25) is 0 Å². The molecule has 2 atom stereocenters. The van der Waals surface area contributed by atoms with Gasteiger partial charge in [0.1, 0.15) is 0 Å². The van der Waals surface area contributed by atoms with Crippen LogP contribution in [0.3, 0.4) is 0 Å². The molecule has 2 unspecified atom stereocenters. The summed E-state index contributed by atoms with van der Waals surface area (Å²) < 4.78 is 10.1. The molecule has 0 heterocycles. The van der Waals surface area contributed by atoms with E-state index in [2.05, 4.69) is 15.4 Å². The zero-order chi connectivity index (χ0) is 14.4. The van der Waals surface area contributed by atoms with Gasteiger partial charge in [0.05, 0.1) is 19.3 Å². The van der Waals surface area contributed by atoms with Crippen molar-refractivity contribution in [1.82, 2.24) is 0 Å². The van der Waals surface area contributed by atoms with Crippen molar-refractivity contribution in [1.29, 1.82) is 0 Å². The number of benzene rings is 1. The zero-order valence-electron chi connectivity index (χ0n) is 12.0. The Balaban J connectivity index is 2.01. The van der Waals surface area contributed by atoms with Crippen LogP contribution in [0, 0.1) is 0 Å². The highest BCUT2D eigenvalue weighted by Crippen LogP contribution is 2.25. The molecule has 0 spiro atoms. The van der Waals surface area contributed by atoms with Crippen molar-refractivity contribution < 1.29 is 14.3 Å². The summed E-state index contributed by atoms with van der Waals surface area (Å²) in [7, 11) is 3.11. The van der Waals surface area contributed by atoms with Crippen LogP contribution in [0.4, 0.5) is 16.2 Å². The highest BCUT2D eigenvalue weighted by Gasteiger charge is 2.24. The number of hydrogen-bond acceptors (Lipinski definition) is 4. The number of amides is 1. The van der Waals surface area contributed by atoms with Gasteiger partial charge in [0.15, 0.2) is 0 Å². The van der Waals surface area contributed by atoms with E-state index in [0.717, 1.165) is 18.5 Å². The third kappa shape index (κ3) is 3.87. The molecule has 5 heteroatoms. The monoisotopic (exact) mass is 278 g/mol. The van der Waals surface area contributed by atoms with Crippen LogP contribution >= 0.6 is 0 Å². The molecule has 110 valence electrons. The van der Waals surface area contributed by atoms with Gasteiger partial charge in [-0.2, -0.15) is 0 Å². The Hall–Kier alpha value is -1.75. The predicted octanol–water partition coefficient (Wildman–Crippen LogP) is 3.23. The third-order valence-electron chi connectivity index (χ3n) is 3.65. The number of carbonyl (C=O) groups is 1. The van der Waals surface area contributed by atoms with Crippen LogP contribution in [-0.4, -0.2) is 32.5 Å². The summed E-state index contributed by atoms with van der Waals surface area (Å²) >= 11 is 0. The Morgan fingerprint density at radius 1 is 1.20 bits per heavy atom. The number of carbonyl (C=O) groups excluding carboxylic acids is 1. The summed E-state index contributed by atoms with van der Waals surface area (Å²) in [4.78, 5) is 11.2. The van der Waals surface area contributed by atoms with Gasteiger partial charge in [-0.25, -0.2) is 4.79 Å². The summed E-state index contributed by atoms with van der Waals surface area (Å²) in [5, 5.41) is 6.16. The Morgan fingerprint density at radius 2 is 1.95 bits per heavy atom. The Morgan fingerprint density at radius 3 is 2.70 bits per heavy atom. The number of nitrogens with one attached hydrogen (secondary N) is 2. The van der Waals surface area contributed by atoms with Crippen LogP contribution in [0.5, 0.6) is 0 Å². The normalized spacial score (nSPS) is 22.1. The lowest BCUT2D eigenvalue weighted by Crippen LogP contribution is -2.37. The lowest BCUT2D eigenvalue weighted by atomic mass is 9.92. The molecule has 5 nitrogen and oxygen atoms in total. The van der Waals surface area contributed by atoms with E-state index in [4.69, 9.17) is 4.74 Å². The van der Waals surface area contributed by atoms with E-state index in [0.29, 0.717) is 11.7 Å². The van der Waals surface area contributed by atoms with E-state index in [1.807, 2.05) is 24.3 Å². The number of anilines is 2. The lowest BCUT2D eigenvalue weighted by Gasteiger charge is -2.31. The molecule has 2 rings (SSSR count). The summed E-state index contributed by atoms with van der Waals surface area (Å²) in [5.41, 5.74) is 1.69. The standard InChI is InChI=1S/C15H22N2O3/c1-19-14-9-4-3-8-13(14)16-11-6-5-7-12(10-11)17-15(18)20-2/h5-7,10,13-14,16H,3-4,8-9H2,1-2H3,(H,17,18). The molecule has 0 aromatic heterocycles. The first kappa shape index (κ1) is 14.7. The second kappa shape index (κ2) is 7.14. The van der Waals surface area contributed by atoms with Crippen molar-refractivity contribution in [2.24, 2.45) is 0 Å². The van der Waals surface area contributed by atoms with E-state index in [9.17, 15) is 4.79 Å². The van der Waals surface area contributed by atoms with E-state index in [1.54, 1.807) is 7.11 Å². The minimum Gasteiger partial charge on any atom is -0.453 e. The molecule has 1 amide bonds. The fraction of sp³-hybridized carbons (Fsp3) is 0.533. The quantitative estimate of drug-likeness (QED) is 0.887. The molecule has 0 bridgehead atoms. The van der Waals surface area contributed by atoms with E-state index in [1.165, 1.54) is 20.0 Å². The third-order valence-corrected chi connectivity index (χ3v) is 3.65. The van der Waals surface area contributed by atoms with Crippen molar-refractivity contribution in [2.45, 2.75) is 37.8 Å². The molecule has 0 saturated heterocycles. The second-order valence-corrected chi connectivity index (χ2v) is 5.01. The number of rotatable bonds is 4. The average Bonchev–Trinajstić information content (AvgIpc) is 2.48. The van der Waals surface area contributed by atoms with Crippen LogP contribution in [-0.2, 0) is 9.47 Å². The topological polar surface area (TPSA) is 59.6 Å². The maximum Gasteiger partial charge on any atom is 0.411 e. The zero-order valence-corrected chi connectivity index (χ0v) is 12.0. The number of hydrogen-bond donors (Lipinski definition) is 2. The summed E-state index contributed by atoms with van der Waals surface area (Å²) in [6.07, 6.45) is 4.43. The lowest BCUT2D eigenvalue weighted by molar-refractivity contribution is 0.0606. The molecule has 0 radical (unpaired) electrons. The van der Waals surface area contributed by atoms with Gasteiger partial charge in [0.25, 0.3) is 0 Å². The number of methoxy groups -OCH3 is 2. The predicted molar refractivity (Wildman–Crippen MR) is 79.1 cm³/mol. The Kier molecular flexibility index (Phi) is 5.24. The van der Waals surface area contributed by atoms with Crippen molar-refractivity contribution in [2.75, 3.05) is 24.9 Å². The molecule has 1 fully saturated rings. The number of ether oxygens (including phenoxy) is 2. The van der Waals surface area contributed by atoms with Crippen molar-refractivity contribution in [3.63, 3.8) is 0 Å². The molecular formula is C15H22N2O3. The van der Waals surface area contributed by atoms with Gasteiger partial charge in [0.2, 0.25) is 0 Å². The second-order valence-electron chi connectivity index (χ2n) is 5.01. The van der Waals surface area contributed by atoms with E-state index in [-0.39, 0.29) is 6.10 Å². The summed E-state index contributed by atoms with van der Waals surface area (Å²) in [5.74, 6) is 0. The van der Waals surface area contributed by atoms with Gasteiger partial charge in [-0.3, -0.25) is 5.32 Å². The smallest absolute Gasteiger partial charge is 0.411 e. The minimum absolute atomic E-state index is 0.251. The van der Waals surface area contributed by atoms with Crippen molar-refractivity contribution in [3.05, 3.63) is 24.3 Å². The van der Waals surface area contributed by atoms with Gasteiger partial charge in [-0.15, -0.1) is 0 Å². The van der Waals surface area contributed by atoms with Gasteiger partial charge >= 0.3 is 6.09 Å². The SMILES string of the molecule is COC(=O)Nc1cccc(NC2CCCCC2OC)c1. The molecule has 20 heavy (non-hydrogen) atoms. The fourth-order valence-electron chi connectivity index (χ4n) is 2.61. The molecule has 2 N–H and O–H groups in total. The Bertz CT molecular complexity index is 450. The fourth-order valence-corrected chi connectivity index (χ4v) is 2.61. The molecular weight excluding hydrogens is 256 g/mol. The van der Waals surface area contributed by atoms with Crippen LogP contribution in [0.25, 0.3) is 0 Å². The first-order chi connectivity index (χ1) is 9.72. The molecule has 0 aliphatic heterocycles. The first-order valence-electron chi connectivity index (χ1n) is 6.97.